The fraction of sp³-hybridized carbons (Fsp3) is 0.259. The predicted molar refractivity (Wildman–Crippen MR) is 127 cm³/mol. The number of ether oxygens (including phenoxy) is 1. The number of amides is 1. The summed E-state index contributed by atoms with van der Waals surface area (Å²) in [5.41, 5.74) is 4.20. The zero-order valence-electron chi connectivity index (χ0n) is 18.4. The minimum atomic E-state index is 0.0348. The second-order valence-electron chi connectivity index (χ2n) is 8.25. The highest BCUT2D eigenvalue weighted by atomic mass is 16.5. The van der Waals surface area contributed by atoms with E-state index in [2.05, 4.69) is 41.8 Å². The van der Waals surface area contributed by atoms with Crippen LogP contribution in [0.2, 0.25) is 0 Å². The number of nitrogens with zero attached hydrogens (tertiary/aromatic N) is 3. The molecule has 0 spiro atoms. The molecule has 1 aliphatic heterocycles. The number of aromatic nitrogens is 2. The van der Waals surface area contributed by atoms with Crippen LogP contribution in [0.25, 0.3) is 11.0 Å². The number of hydrogen-bond donors (Lipinski definition) is 0. The lowest BCUT2D eigenvalue weighted by Gasteiger charge is -2.21. The summed E-state index contributed by atoms with van der Waals surface area (Å²) in [7, 11) is 0. The van der Waals surface area contributed by atoms with E-state index in [1.54, 1.807) is 0 Å². The molecule has 0 saturated carbocycles. The number of carbonyl (C=O) groups is 1. The standard InChI is InChI=1S/C27H27N3O2/c1-3-32-23-15-13-22(14-16-23)29-18-21(17-26(29)31)27-28-24-11-7-8-12-25(24)30(27)19(2)20-9-5-4-6-10-20/h4-16,19,21H,3,17-18H2,1-2H3/t19-,21-/m0/s1. The van der Waals surface area contributed by atoms with Gasteiger partial charge in [0.1, 0.15) is 11.6 Å². The largest absolute Gasteiger partial charge is 0.494 e. The highest BCUT2D eigenvalue weighted by Crippen LogP contribution is 2.36. The molecule has 1 aromatic heterocycles. The lowest BCUT2D eigenvalue weighted by Crippen LogP contribution is -2.24. The van der Waals surface area contributed by atoms with E-state index in [9.17, 15) is 4.79 Å². The molecule has 1 fully saturated rings. The first kappa shape index (κ1) is 20.3. The van der Waals surface area contributed by atoms with Gasteiger partial charge in [-0.05, 0) is 55.8 Å². The molecule has 32 heavy (non-hydrogen) atoms. The molecule has 0 radical (unpaired) electrons. The number of hydrogen-bond acceptors (Lipinski definition) is 3. The van der Waals surface area contributed by atoms with Crippen LogP contribution in [0, 0.1) is 0 Å². The molecule has 5 rings (SSSR count). The fourth-order valence-corrected chi connectivity index (χ4v) is 4.66. The molecule has 162 valence electrons. The van der Waals surface area contributed by atoms with Gasteiger partial charge >= 0.3 is 0 Å². The van der Waals surface area contributed by atoms with Crippen molar-refractivity contribution >= 4 is 22.6 Å². The number of imidazole rings is 1. The van der Waals surface area contributed by atoms with Crippen molar-refractivity contribution in [3.63, 3.8) is 0 Å². The maximum absolute atomic E-state index is 13.0. The Morgan fingerprint density at radius 3 is 2.47 bits per heavy atom. The fourth-order valence-electron chi connectivity index (χ4n) is 4.66. The van der Waals surface area contributed by atoms with Gasteiger partial charge in [-0.15, -0.1) is 0 Å². The zero-order valence-corrected chi connectivity index (χ0v) is 18.4. The number of anilines is 1. The van der Waals surface area contributed by atoms with E-state index in [4.69, 9.17) is 9.72 Å². The van der Waals surface area contributed by atoms with E-state index in [1.807, 2.05) is 60.4 Å². The molecule has 4 aromatic rings. The molecule has 5 nitrogen and oxygen atoms in total. The number of para-hydroxylation sites is 2. The second kappa shape index (κ2) is 8.50. The van der Waals surface area contributed by atoms with Gasteiger partial charge in [0.05, 0.1) is 23.7 Å². The van der Waals surface area contributed by atoms with Gasteiger partial charge in [-0.1, -0.05) is 42.5 Å². The molecule has 0 bridgehead atoms. The summed E-state index contributed by atoms with van der Waals surface area (Å²) in [4.78, 5) is 19.9. The smallest absolute Gasteiger partial charge is 0.227 e. The Bertz CT molecular complexity index is 1230. The van der Waals surface area contributed by atoms with E-state index < -0.39 is 0 Å². The number of rotatable bonds is 6. The first-order chi connectivity index (χ1) is 15.7. The molecule has 0 aliphatic carbocycles. The summed E-state index contributed by atoms with van der Waals surface area (Å²) in [6.45, 7) is 5.41. The van der Waals surface area contributed by atoms with Gasteiger partial charge < -0.3 is 14.2 Å². The number of carbonyl (C=O) groups excluding carboxylic acids is 1. The lowest BCUT2D eigenvalue weighted by atomic mass is 10.0. The summed E-state index contributed by atoms with van der Waals surface area (Å²) in [5.74, 6) is 1.96. The van der Waals surface area contributed by atoms with Crippen LogP contribution in [-0.2, 0) is 4.79 Å². The van der Waals surface area contributed by atoms with E-state index in [-0.39, 0.29) is 17.9 Å². The Morgan fingerprint density at radius 2 is 1.72 bits per heavy atom. The van der Waals surface area contributed by atoms with Gasteiger partial charge in [0.25, 0.3) is 0 Å². The lowest BCUT2D eigenvalue weighted by molar-refractivity contribution is -0.117. The van der Waals surface area contributed by atoms with Crippen molar-refractivity contribution in [2.24, 2.45) is 0 Å². The van der Waals surface area contributed by atoms with Crippen LogP contribution in [0.15, 0.2) is 78.9 Å². The Morgan fingerprint density at radius 1 is 1.00 bits per heavy atom. The van der Waals surface area contributed by atoms with Crippen molar-refractivity contribution in [3.05, 3.63) is 90.3 Å². The van der Waals surface area contributed by atoms with Crippen LogP contribution >= 0.6 is 0 Å². The summed E-state index contributed by atoms with van der Waals surface area (Å²) in [6, 6.07) is 26.6. The molecular formula is C27H27N3O2. The van der Waals surface area contributed by atoms with Gasteiger partial charge in [0.15, 0.2) is 0 Å². The van der Waals surface area contributed by atoms with E-state index >= 15 is 0 Å². The van der Waals surface area contributed by atoms with Crippen molar-refractivity contribution in [2.45, 2.75) is 32.2 Å². The molecule has 1 aliphatic rings. The van der Waals surface area contributed by atoms with Crippen LogP contribution < -0.4 is 9.64 Å². The van der Waals surface area contributed by atoms with Crippen molar-refractivity contribution in [1.82, 2.24) is 9.55 Å². The van der Waals surface area contributed by atoms with Crippen LogP contribution in [0.5, 0.6) is 5.75 Å². The van der Waals surface area contributed by atoms with Gasteiger partial charge in [-0.2, -0.15) is 0 Å². The van der Waals surface area contributed by atoms with E-state index in [1.165, 1.54) is 5.56 Å². The monoisotopic (exact) mass is 425 g/mol. The van der Waals surface area contributed by atoms with Crippen LogP contribution in [0.4, 0.5) is 5.69 Å². The first-order valence-corrected chi connectivity index (χ1v) is 11.2. The van der Waals surface area contributed by atoms with Crippen LogP contribution in [0.3, 0.4) is 0 Å². The first-order valence-electron chi connectivity index (χ1n) is 11.2. The molecule has 2 heterocycles. The van der Waals surface area contributed by atoms with Crippen LogP contribution in [-0.4, -0.2) is 28.6 Å². The van der Waals surface area contributed by atoms with Gasteiger partial charge in [-0.3, -0.25) is 4.79 Å². The van der Waals surface area contributed by atoms with Crippen LogP contribution in [0.1, 0.15) is 43.6 Å². The molecule has 5 heteroatoms. The third kappa shape index (κ3) is 3.64. The third-order valence-corrected chi connectivity index (χ3v) is 6.24. The average molecular weight is 426 g/mol. The zero-order chi connectivity index (χ0) is 22.1. The SMILES string of the molecule is CCOc1ccc(N2C[C@@H](c3nc4ccccc4n3[C@@H](C)c3ccccc3)CC2=O)cc1. The third-order valence-electron chi connectivity index (χ3n) is 6.24. The second-order valence-corrected chi connectivity index (χ2v) is 8.25. The highest BCUT2D eigenvalue weighted by Gasteiger charge is 2.35. The summed E-state index contributed by atoms with van der Waals surface area (Å²) < 4.78 is 7.85. The normalized spacial score (nSPS) is 17.1. The maximum Gasteiger partial charge on any atom is 0.227 e. The number of benzene rings is 3. The molecule has 0 unspecified atom stereocenters. The predicted octanol–water partition coefficient (Wildman–Crippen LogP) is 5.56. The quantitative estimate of drug-likeness (QED) is 0.406. The van der Waals surface area contributed by atoms with Crippen molar-refractivity contribution < 1.29 is 9.53 Å². The molecule has 3 aromatic carbocycles. The van der Waals surface area contributed by atoms with Crippen molar-refractivity contribution in [2.75, 3.05) is 18.1 Å². The maximum atomic E-state index is 13.0. The Kier molecular flexibility index (Phi) is 5.39. The Labute approximate surface area is 188 Å². The minimum absolute atomic E-state index is 0.0348. The number of fused-ring (bicyclic) bond motifs is 1. The molecule has 1 saturated heterocycles. The summed E-state index contributed by atoms with van der Waals surface area (Å²) >= 11 is 0. The van der Waals surface area contributed by atoms with Crippen molar-refractivity contribution in [3.8, 4) is 5.75 Å². The van der Waals surface area contributed by atoms with E-state index in [0.717, 1.165) is 28.3 Å². The molecule has 2 atom stereocenters. The van der Waals surface area contributed by atoms with Gasteiger partial charge in [0, 0.05) is 24.6 Å². The van der Waals surface area contributed by atoms with E-state index in [0.29, 0.717) is 19.6 Å². The molecular weight excluding hydrogens is 398 g/mol. The minimum Gasteiger partial charge on any atom is -0.494 e. The highest BCUT2D eigenvalue weighted by molar-refractivity contribution is 5.96. The van der Waals surface area contributed by atoms with Gasteiger partial charge in [-0.25, -0.2) is 4.98 Å². The average Bonchev–Trinajstić information content (AvgIpc) is 3.40. The Balaban J connectivity index is 1.50. The summed E-state index contributed by atoms with van der Waals surface area (Å²) in [6.07, 6.45) is 0.456. The van der Waals surface area contributed by atoms with Gasteiger partial charge in [0.2, 0.25) is 5.91 Å². The molecule has 1 amide bonds. The topological polar surface area (TPSA) is 47.4 Å². The van der Waals surface area contributed by atoms with Crippen molar-refractivity contribution in [1.29, 1.82) is 0 Å². The summed E-state index contributed by atoms with van der Waals surface area (Å²) in [5, 5.41) is 0. The molecule has 0 N–H and O–H groups in total. The Hall–Kier alpha value is -3.60.